The highest BCUT2D eigenvalue weighted by molar-refractivity contribution is 6.39. The maximum Gasteiger partial charge on any atom is 0.126 e. The van der Waals surface area contributed by atoms with Crippen molar-refractivity contribution < 1.29 is 4.39 Å². The van der Waals surface area contributed by atoms with Gasteiger partial charge >= 0.3 is 0 Å². The molecule has 2 rings (SSSR count). The van der Waals surface area contributed by atoms with E-state index in [0.29, 0.717) is 27.7 Å². The summed E-state index contributed by atoms with van der Waals surface area (Å²) in [5.74, 6) is 1.05. The van der Waals surface area contributed by atoms with Crippen LogP contribution in [0.15, 0.2) is 12.1 Å². The molecule has 0 saturated heterocycles. The van der Waals surface area contributed by atoms with Gasteiger partial charge in [0.1, 0.15) is 5.82 Å². The van der Waals surface area contributed by atoms with Crippen molar-refractivity contribution in [2.24, 2.45) is 11.8 Å². The van der Waals surface area contributed by atoms with Crippen LogP contribution in [0.4, 0.5) is 10.1 Å². The lowest BCUT2D eigenvalue weighted by molar-refractivity contribution is 0.261. The van der Waals surface area contributed by atoms with Crippen LogP contribution in [0.3, 0.4) is 0 Å². The van der Waals surface area contributed by atoms with Gasteiger partial charge in [0, 0.05) is 6.04 Å². The molecule has 0 heterocycles. The number of anilines is 1. The summed E-state index contributed by atoms with van der Waals surface area (Å²) >= 11 is 12.1. The Balaban J connectivity index is 2.10. The van der Waals surface area contributed by atoms with E-state index in [0.717, 1.165) is 18.8 Å². The third kappa shape index (κ3) is 3.10. The number of nitrogens with one attached hydrogen (secondary N) is 1. The molecular formula is C14H18Cl2FN. The van der Waals surface area contributed by atoms with Crippen molar-refractivity contribution in [1.82, 2.24) is 0 Å². The normalized spacial score (nSPS) is 28.2. The minimum Gasteiger partial charge on any atom is -0.380 e. The topological polar surface area (TPSA) is 12.0 Å². The summed E-state index contributed by atoms with van der Waals surface area (Å²) in [6.07, 6.45) is 3.41. The van der Waals surface area contributed by atoms with Crippen LogP contribution >= 0.6 is 23.2 Å². The zero-order valence-corrected chi connectivity index (χ0v) is 12.2. The SMILES string of the molecule is CC1CCC(Nc2c(Cl)cc(F)cc2Cl)CC1C. The van der Waals surface area contributed by atoms with Crippen molar-refractivity contribution >= 4 is 28.9 Å². The second kappa shape index (κ2) is 5.66. The van der Waals surface area contributed by atoms with Gasteiger partial charge in [0.05, 0.1) is 15.7 Å². The van der Waals surface area contributed by atoms with Crippen LogP contribution in [-0.2, 0) is 0 Å². The molecule has 0 radical (unpaired) electrons. The predicted octanol–water partition coefficient (Wildman–Crippen LogP) is 5.37. The second-order valence-electron chi connectivity index (χ2n) is 5.35. The van der Waals surface area contributed by atoms with E-state index >= 15 is 0 Å². The first-order valence-electron chi connectivity index (χ1n) is 6.38. The average molecular weight is 290 g/mol. The highest BCUT2D eigenvalue weighted by Crippen LogP contribution is 2.36. The van der Waals surface area contributed by atoms with Gasteiger partial charge in [-0.3, -0.25) is 0 Å². The van der Waals surface area contributed by atoms with E-state index in [1.807, 2.05) is 0 Å². The number of hydrogen-bond acceptors (Lipinski definition) is 1. The molecule has 3 unspecified atom stereocenters. The lowest BCUT2D eigenvalue weighted by Crippen LogP contribution is -2.30. The largest absolute Gasteiger partial charge is 0.380 e. The molecule has 0 amide bonds. The van der Waals surface area contributed by atoms with E-state index in [9.17, 15) is 4.39 Å². The molecule has 1 aromatic rings. The standard InChI is InChI=1S/C14H18Cl2FN/c1-8-3-4-11(5-9(8)2)18-14-12(15)6-10(17)7-13(14)16/h6-9,11,18H,3-5H2,1-2H3. The third-order valence-electron chi connectivity index (χ3n) is 3.95. The Morgan fingerprint density at radius 1 is 1.11 bits per heavy atom. The maximum atomic E-state index is 13.1. The molecule has 0 bridgehead atoms. The summed E-state index contributed by atoms with van der Waals surface area (Å²) in [4.78, 5) is 0. The van der Waals surface area contributed by atoms with E-state index in [1.54, 1.807) is 0 Å². The van der Waals surface area contributed by atoms with E-state index < -0.39 is 5.82 Å². The summed E-state index contributed by atoms with van der Waals surface area (Å²) in [5.41, 5.74) is 0.659. The molecule has 4 heteroatoms. The molecule has 0 aromatic heterocycles. The first-order chi connectivity index (χ1) is 8.47. The number of benzene rings is 1. The lowest BCUT2D eigenvalue weighted by atomic mass is 9.79. The van der Waals surface area contributed by atoms with Gasteiger partial charge in [-0.15, -0.1) is 0 Å². The van der Waals surface area contributed by atoms with E-state index in [1.165, 1.54) is 18.6 Å². The fourth-order valence-corrected chi connectivity index (χ4v) is 3.13. The Labute approximate surface area is 118 Å². The van der Waals surface area contributed by atoms with Crippen LogP contribution in [0, 0.1) is 17.7 Å². The first-order valence-corrected chi connectivity index (χ1v) is 7.14. The molecule has 1 aliphatic rings. The highest BCUT2D eigenvalue weighted by Gasteiger charge is 2.25. The van der Waals surface area contributed by atoms with E-state index in [2.05, 4.69) is 19.2 Å². The summed E-state index contributed by atoms with van der Waals surface area (Å²) in [6, 6.07) is 2.96. The first kappa shape index (κ1) is 14.0. The van der Waals surface area contributed by atoms with Gasteiger partial charge in [0.2, 0.25) is 0 Å². The Morgan fingerprint density at radius 2 is 1.72 bits per heavy atom. The Bertz CT molecular complexity index is 413. The van der Waals surface area contributed by atoms with Gasteiger partial charge in [-0.05, 0) is 43.2 Å². The van der Waals surface area contributed by atoms with Crippen molar-refractivity contribution in [3.8, 4) is 0 Å². The van der Waals surface area contributed by atoms with Crippen molar-refractivity contribution in [3.63, 3.8) is 0 Å². The van der Waals surface area contributed by atoms with Crippen molar-refractivity contribution in [3.05, 3.63) is 28.0 Å². The minimum absolute atomic E-state index is 0.353. The van der Waals surface area contributed by atoms with Gasteiger partial charge in [0.15, 0.2) is 0 Å². The zero-order chi connectivity index (χ0) is 13.3. The van der Waals surface area contributed by atoms with Gasteiger partial charge in [-0.25, -0.2) is 4.39 Å². The second-order valence-corrected chi connectivity index (χ2v) is 6.17. The van der Waals surface area contributed by atoms with Gasteiger partial charge in [0.25, 0.3) is 0 Å². The lowest BCUT2D eigenvalue weighted by Gasteiger charge is -2.33. The molecule has 18 heavy (non-hydrogen) atoms. The average Bonchev–Trinajstić information content (AvgIpc) is 2.28. The van der Waals surface area contributed by atoms with Crippen LogP contribution in [0.25, 0.3) is 0 Å². The van der Waals surface area contributed by atoms with Crippen molar-refractivity contribution in [2.45, 2.75) is 39.2 Å². The summed E-state index contributed by atoms with van der Waals surface area (Å²) < 4.78 is 13.1. The molecule has 1 aromatic carbocycles. The third-order valence-corrected chi connectivity index (χ3v) is 4.55. The van der Waals surface area contributed by atoms with Crippen molar-refractivity contribution in [1.29, 1.82) is 0 Å². The van der Waals surface area contributed by atoms with Crippen LogP contribution in [-0.4, -0.2) is 6.04 Å². The zero-order valence-electron chi connectivity index (χ0n) is 10.6. The van der Waals surface area contributed by atoms with Crippen molar-refractivity contribution in [2.75, 3.05) is 5.32 Å². The van der Waals surface area contributed by atoms with Gasteiger partial charge in [-0.2, -0.15) is 0 Å². The quantitative estimate of drug-likeness (QED) is 0.772. The molecule has 1 N–H and O–H groups in total. The van der Waals surface area contributed by atoms with Gasteiger partial charge < -0.3 is 5.32 Å². The molecule has 0 aliphatic heterocycles. The van der Waals surface area contributed by atoms with Crippen LogP contribution in [0.2, 0.25) is 10.0 Å². The number of rotatable bonds is 2. The molecule has 0 spiro atoms. The fourth-order valence-electron chi connectivity index (χ4n) is 2.56. The van der Waals surface area contributed by atoms with Crippen LogP contribution in [0.5, 0.6) is 0 Å². The summed E-state index contributed by atoms with van der Waals surface area (Å²) in [6.45, 7) is 4.56. The Morgan fingerprint density at radius 3 is 2.28 bits per heavy atom. The van der Waals surface area contributed by atoms with Crippen LogP contribution in [0.1, 0.15) is 33.1 Å². The number of halogens is 3. The monoisotopic (exact) mass is 289 g/mol. The summed E-state index contributed by atoms with van der Waals surface area (Å²) in [7, 11) is 0. The van der Waals surface area contributed by atoms with Crippen LogP contribution < -0.4 is 5.32 Å². The summed E-state index contributed by atoms with van der Waals surface area (Å²) in [5, 5.41) is 4.07. The molecule has 1 fully saturated rings. The molecule has 1 nitrogen and oxygen atoms in total. The molecule has 1 saturated carbocycles. The highest BCUT2D eigenvalue weighted by atomic mass is 35.5. The van der Waals surface area contributed by atoms with E-state index in [-0.39, 0.29) is 0 Å². The Kier molecular flexibility index (Phi) is 4.39. The van der Waals surface area contributed by atoms with E-state index in [4.69, 9.17) is 23.2 Å². The van der Waals surface area contributed by atoms with Gasteiger partial charge in [-0.1, -0.05) is 37.0 Å². The Hall–Kier alpha value is -0.470. The number of hydrogen-bond donors (Lipinski definition) is 1. The minimum atomic E-state index is -0.402. The predicted molar refractivity (Wildman–Crippen MR) is 76.0 cm³/mol. The maximum absolute atomic E-state index is 13.1. The fraction of sp³-hybridized carbons (Fsp3) is 0.571. The molecule has 1 aliphatic carbocycles. The molecule has 3 atom stereocenters. The molecular weight excluding hydrogens is 272 g/mol. The smallest absolute Gasteiger partial charge is 0.126 e. The molecule has 100 valence electrons.